The van der Waals surface area contributed by atoms with Crippen LogP contribution in [0.4, 0.5) is 14.5 Å². The van der Waals surface area contributed by atoms with E-state index in [1.165, 1.54) is 43.3 Å². The summed E-state index contributed by atoms with van der Waals surface area (Å²) in [7, 11) is 0. The second kappa shape index (κ2) is 7.90. The number of anilines is 1. The number of hydrogen-bond acceptors (Lipinski definition) is 5. The number of carbonyl (C=O) groups is 1. The normalized spacial score (nSPS) is 11.5. The summed E-state index contributed by atoms with van der Waals surface area (Å²) in [6, 6.07) is 11.1. The number of carbonyl (C=O) groups excluding carboxylic acids is 1. The largest absolute Gasteiger partial charge is 0.399 e. The third-order valence-electron chi connectivity index (χ3n) is 4.17. The molecule has 1 amide bonds. The van der Waals surface area contributed by atoms with Gasteiger partial charge in [0, 0.05) is 17.3 Å². The molecule has 29 heavy (non-hydrogen) atoms. The third kappa shape index (κ3) is 3.96. The van der Waals surface area contributed by atoms with Crippen LogP contribution < -0.4 is 16.6 Å². The number of hydrogen-bond donors (Lipinski definition) is 2. The van der Waals surface area contributed by atoms with Crippen molar-refractivity contribution >= 4 is 11.6 Å². The van der Waals surface area contributed by atoms with Crippen LogP contribution in [0.2, 0.25) is 0 Å². The van der Waals surface area contributed by atoms with Crippen LogP contribution in [-0.2, 0) is 0 Å². The van der Waals surface area contributed by atoms with E-state index in [-0.39, 0.29) is 28.2 Å². The standard InChI is InChI=1S/C20H15F2N5O2/c1-11(14-9-13(24)8-12(10-23)19(14)22)25-20(29)16-6-7-18(28)27(26-16)17-5-3-2-4-15(17)21/h2-9,11H,24H2,1H3,(H,25,29)/t11-/m1/s1. The minimum atomic E-state index is -0.853. The van der Waals surface area contributed by atoms with Crippen molar-refractivity contribution in [3.63, 3.8) is 0 Å². The first-order valence-corrected chi connectivity index (χ1v) is 8.47. The summed E-state index contributed by atoms with van der Waals surface area (Å²) in [6.07, 6.45) is 0. The molecule has 0 radical (unpaired) electrons. The SMILES string of the molecule is C[C@@H](NC(=O)c1ccc(=O)n(-c2ccccc2F)n1)c1cc(N)cc(C#N)c1F. The number of benzene rings is 2. The number of rotatable bonds is 4. The average Bonchev–Trinajstić information content (AvgIpc) is 2.70. The van der Waals surface area contributed by atoms with Gasteiger partial charge in [0.25, 0.3) is 11.5 Å². The van der Waals surface area contributed by atoms with Crippen molar-refractivity contribution in [2.45, 2.75) is 13.0 Å². The highest BCUT2D eigenvalue weighted by molar-refractivity contribution is 5.92. The Balaban J connectivity index is 1.92. The lowest BCUT2D eigenvalue weighted by Gasteiger charge is -2.16. The molecule has 0 saturated heterocycles. The summed E-state index contributed by atoms with van der Waals surface area (Å²) in [5.74, 6) is -2.19. The fourth-order valence-electron chi connectivity index (χ4n) is 2.74. The van der Waals surface area contributed by atoms with E-state index in [1.807, 2.05) is 0 Å². The van der Waals surface area contributed by atoms with Gasteiger partial charge in [0.05, 0.1) is 11.6 Å². The van der Waals surface area contributed by atoms with Crippen molar-refractivity contribution < 1.29 is 13.6 Å². The molecule has 7 nitrogen and oxygen atoms in total. The van der Waals surface area contributed by atoms with Gasteiger partial charge in [-0.15, -0.1) is 0 Å². The van der Waals surface area contributed by atoms with Crippen LogP contribution in [0.3, 0.4) is 0 Å². The zero-order valence-electron chi connectivity index (χ0n) is 15.2. The van der Waals surface area contributed by atoms with Crippen molar-refractivity contribution in [1.82, 2.24) is 15.1 Å². The molecule has 0 spiro atoms. The van der Waals surface area contributed by atoms with E-state index in [9.17, 15) is 18.4 Å². The third-order valence-corrected chi connectivity index (χ3v) is 4.17. The first-order valence-electron chi connectivity index (χ1n) is 8.47. The molecular weight excluding hydrogens is 380 g/mol. The monoisotopic (exact) mass is 395 g/mol. The molecule has 0 bridgehead atoms. The Morgan fingerprint density at radius 2 is 1.97 bits per heavy atom. The maximum Gasteiger partial charge on any atom is 0.272 e. The van der Waals surface area contributed by atoms with Crippen LogP contribution in [0.25, 0.3) is 5.69 Å². The molecular formula is C20H15F2N5O2. The van der Waals surface area contributed by atoms with Gasteiger partial charge in [-0.1, -0.05) is 12.1 Å². The highest BCUT2D eigenvalue weighted by atomic mass is 19.1. The number of nitrogen functional groups attached to an aromatic ring is 1. The van der Waals surface area contributed by atoms with Crippen LogP contribution in [0.15, 0.2) is 53.3 Å². The average molecular weight is 395 g/mol. The van der Waals surface area contributed by atoms with Gasteiger partial charge in [0.15, 0.2) is 0 Å². The predicted octanol–water partition coefficient (Wildman–Crippen LogP) is 2.46. The zero-order chi connectivity index (χ0) is 21.1. The van der Waals surface area contributed by atoms with Crippen LogP contribution >= 0.6 is 0 Å². The van der Waals surface area contributed by atoms with E-state index in [0.29, 0.717) is 0 Å². The van der Waals surface area contributed by atoms with Crippen LogP contribution in [0.5, 0.6) is 0 Å². The Hall–Kier alpha value is -4.06. The van der Waals surface area contributed by atoms with Gasteiger partial charge in [-0.3, -0.25) is 9.59 Å². The number of aromatic nitrogens is 2. The maximum absolute atomic E-state index is 14.4. The number of nitriles is 1. The van der Waals surface area contributed by atoms with Gasteiger partial charge < -0.3 is 11.1 Å². The van der Waals surface area contributed by atoms with E-state index in [4.69, 9.17) is 11.0 Å². The van der Waals surface area contributed by atoms with Gasteiger partial charge >= 0.3 is 0 Å². The zero-order valence-corrected chi connectivity index (χ0v) is 15.2. The molecule has 3 N–H and O–H groups in total. The second-order valence-corrected chi connectivity index (χ2v) is 6.20. The van der Waals surface area contributed by atoms with Crippen molar-refractivity contribution in [2.75, 3.05) is 5.73 Å². The fourth-order valence-corrected chi connectivity index (χ4v) is 2.74. The van der Waals surface area contributed by atoms with E-state index in [1.54, 1.807) is 6.07 Å². The van der Waals surface area contributed by atoms with E-state index < -0.39 is 29.1 Å². The molecule has 146 valence electrons. The predicted molar refractivity (Wildman–Crippen MR) is 101 cm³/mol. The minimum absolute atomic E-state index is 0.0253. The molecule has 0 aliphatic carbocycles. The fraction of sp³-hybridized carbons (Fsp3) is 0.100. The summed E-state index contributed by atoms with van der Waals surface area (Å²) in [6.45, 7) is 1.50. The van der Waals surface area contributed by atoms with Gasteiger partial charge in [-0.25, -0.2) is 8.78 Å². The summed E-state index contributed by atoms with van der Waals surface area (Å²) in [5.41, 5.74) is 4.72. The number of nitrogens with one attached hydrogen (secondary N) is 1. The molecule has 0 aliphatic rings. The van der Waals surface area contributed by atoms with Gasteiger partial charge in [0.1, 0.15) is 29.1 Å². The Morgan fingerprint density at radius 3 is 2.66 bits per heavy atom. The number of para-hydroxylation sites is 1. The van der Waals surface area contributed by atoms with Crippen LogP contribution in [0.1, 0.15) is 34.6 Å². The van der Waals surface area contributed by atoms with E-state index in [2.05, 4.69) is 10.4 Å². The minimum Gasteiger partial charge on any atom is -0.399 e. The van der Waals surface area contributed by atoms with Crippen molar-refractivity contribution in [3.05, 3.63) is 87.3 Å². The lowest BCUT2D eigenvalue weighted by molar-refractivity contribution is 0.0932. The van der Waals surface area contributed by atoms with Gasteiger partial charge in [0.2, 0.25) is 0 Å². The van der Waals surface area contributed by atoms with Crippen molar-refractivity contribution in [1.29, 1.82) is 5.26 Å². The van der Waals surface area contributed by atoms with Gasteiger partial charge in [-0.2, -0.15) is 15.0 Å². The topological polar surface area (TPSA) is 114 Å². The molecule has 2 aromatic carbocycles. The number of amides is 1. The summed E-state index contributed by atoms with van der Waals surface area (Å²) in [4.78, 5) is 24.6. The molecule has 3 rings (SSSR count). The van der Waals surface area contributed by atoms with Gasteiger partial charge in [-0.05, 0) is 37.3 Å². The molecule has 3 aromatic rings. The molecule has 0 fully saturated rings. The smallest absolute Gasteiger partial charge is 0.272 e. The first kappa shape index (κ1) is 19.7. The molecule has 0 unspecified atom stereocenters. The number of halogens is 2. The summed E-state index contributed by atoms with van der Waals surface area (Å²) < 4.78 is 29.2. The summed E-state index contributed by atoms with van der Waals surface area (Å²) in [5, 5.41) is 15.4. The van der Waals surface area contributed by atoms with E-state index >= 15 is 0 Å². The highest BCUT2D eigenvalue weighted by Gasteiger charge is 2.20. The quantitative estimate of drug-likeness (QED) is 0.659. The molecule has 1 aromatic heterocycles. The Morgan fingerprint density at radius 1 is 1.24 bits per heavy atom. The second-order valence-electron chi connectivity index (χ2n) is 6.20. The molecule has 9 heteroatoms. The molecule has 0 saturated carbocycles. The number of nitrogens with zero attached hydrogens (tertiary/aromatic N) is 3. The lowest BCUT2D eigenvalue weighted by atomic mass is 10.0. The van der Waals surface area contributed by atoms with Crippen LogP contribution in [0, 0.1) is 23.0 Å². The highest BCUT2D eigenvalue weighted by Crippen LogP contribution is 2.23. The first-order chi connectivity index (χ1) is 13.8. The summed E-state index contributed by atoms with van der Waals surface area (Å²) >= 11 is 0. The van der Waals surface area contributed by atoms with E-state index in [0.717, 1.165) is 16.8 Å². The Labute approximate surface area is 164 Å². The van der Waals surface area contributed by atoms with Crippen molar-refractivity contribution in [2.24, 2.45) is 0 Å². The lowest BCUT2D eigenvalue weighted by Crippen LogP contribution is -2.31. The van der Waals surface area contributed by atoms with Crippen LogP contribution in [-0.4, -0.2) is 15.7 Å². The maximum atomic E-state index is 14.4. The Bertz CT molecular complexity index is 1200. The Kier molecular flexibility index (Phi) is 5.36. The van der Waals surface area contributed by atoms with Crippen molar-refractivity contribution in [3.8, 4) is 11.8 Å². The molecule has 0 aliphatic heterocycles. The molecule has 1 heterocycles. The number of nitrogens with two attached hydrogens (primary N) is 1. The molecule has 1 atom stereocenters.